The van der Waals surface area contributed by atoms with Gasteiger partial charge in [0.05, 0.1) is 0 Å². The zero-order valence-electron chi connectivity index (χ0n) is 11.5. The van der Waals surface area contributed by atoms with E-state index in [2.05, 4.69) is 5.32 Å². The number of rotatable bonds is 5. The van der Waals surface area contributed by atoms with Gasteiger partial charge in [-0.15, -0.1) is 0 Å². The van der Waals surface area contributed by atoms with Crippen LogP contribution in [0.25, 0.3) is 0 Å². The lowest BCUT2D eigenvalue weighted by Crippen LogP contribution is -2.42. The number of carbonyl (C=O) groups is 1. The Bertz CT molecular complexity index is 564. The van der Waals surface area contributed by atoms with E-state index in [4.69, 9.17) is 11.6 Å². The number of aryl methyl sites for hydroxylation is 1. The van der Waals surface area contributed by atoms with Crippen molar-refractivity contribution < 1.29 is 9.36 Å². The average molecular weight is 290 g/mol. The summed E-state index contributed by atoms with van der Waals surface area (Å²) in [6, 6.07) is 11.6. The molecule has 4 heteroatoms. The fourth-order valence-electron chi connectivity index (χ4n) is 1.86. The number of nitrogens with one attached hydrogen (secondary N) is 1. The van der Waals surface area contributed by atoms with Crippen molar-refractivity contribution in [3.8, 4) is 0 Å². The first-order valence-electron chi connectivity index (χ1n) is 6.60. The molecule has 0 fully saturated rings. The van der Waals surface area contributed by atoms with E-state index >= 15 is 0 Å². The Hall–Kier alpha value is -1.87. The zero-order valence-corrected chi connectivity index (χ0v) is 12.2. The quantitative estimate of drug-likeness (QED) is 0.842. The smallest absolute Gasteiger partial charge is 0.285 e. The number of halogens is 1. The van der Waals surface area contributed by atoms with Crippen LogP contribution in [-0.4, -0.2) is 12.5 Å². The Kier molecular flexibility index (Phi) is 5.13. The van der Waals surface area contributed by atoms with E-state index in [1.165, 1.54) is 5.56 Å². The number of pyridine rings is 1. The Morgan fingerprint density at radius 3 is 2.45 bits per heavy atom. The van der Waals surface area contributed by atoms with Crippen molar-refractivity contribution in [1.29, 1.82) is 0 Å². The van der Waals surface area contributed by atoms with Gasteiger partial charge in [-0.1, -0.05) is 23.7 Å². The zero-order chi connectivity index (χ0) is 14.4. The largest absolute Gasteiger partial charge is 0.350 e. The highest BCUT2D eigenvalue weighted by molar-refractivity contribution is 6.30. The number of nitrogens with zero attached hydrogens (tertiary/aromatic N) is 1. The van der Waals surface area contributed by atoms with E-state index < -0.39 is 0 Å². The van der Waals surface area contributed by atoms with Gasteiger partial charge in [0.2, 0.25) is 6.54 Å². The third-order valence-electron chi connectivity index (χ3n) is 3.03. The summed E-state index contributed by atoms with van der Waals surface area (Å²) in [5.41, 5.74) is 2.35. The Morgan fingerprint density at radius 1 is 1.15 bits per heavy atom. The van der Waals surface area contributed by atoms with E-state index in [0.717, 1.165) is 17.0 Å². The molecule has 3 nitrogen and oxygen atoms in total. The van der Waals surface area contributed by atoms with Gasteiger partial charge in [-0.2, -0.15) is 4.57 Å². The average Bonchev–Trinajstić information content (AvgIpc) is 2.44. The number of hydrogen-bond donors (Lipinski definition) is 1. The van der Waals surface area contributed by atoms with Crippen LogP contribution in [0.15, 0.2) is 48.8 Å². The third kappa shape index (κ3) is 4.67. The van der Waals surface area contributed by atoms with Gasteiger partial charge >= 0.3 is 0 Å². The molecule has 104 valence electrons. The molecule has 0 atom stereocenters. The minimum Gasteiger partial charge on any atom is -0.350 e. The monoisotopic (exact) mass is 289 g/mol. The first-order chi connectivity index (χ1) is 9.63. The molecule has 0 saturated heterocycles. The van der Waals surface area contributed by atoms with Crippen molar-refractivity contribution in [2.24, 2.45) is 0 Å². The first kappa shape index (κ1) is 14.5. The fraction of sp³-hybridized carbons (Fsp3) is 0.250. The lowest BCUT2D eigenvalue weighted by molar-refractivity contribution is -0.684. The van der Waals surface area contributed by atoms with Crippen LogP contribution in [0, 0.1) is 6.92 Å². The summed E-state index contributed by atoms with van der Waals surface area (Å²) in [6.45, 7) is 3.00. The van der Waals surface area contributed by atoms with E-state index in [1.54, 1.807) is 0 Å². The van der Waals surface area contributed by atoms with Crippen LogP contribution in [0.5, 0.6) is 0 Å². The number of benzene rings is 1. The Balaban J connectivity index is 1.75. The van der Waals surface area contributed by atoms with Crippen molar-refractivity contribution in [2.75, 3.05) is 6.54 Å². The molecule has 2 aromatic rings. The lowest BCUT2D eigenvalue weighted by atomic mass is 10.1. The summed E-state index contributed by atoms with van der Waals surface area (Å²) in [4.78, 5) is 11.8. The van der Waals surface area contributed by atoms with Gasteiger partial charge in [0, 0.05) is 23.7 Å². The summed E-state index contributed by atoms with van der Waals surface area (Å²) in [7, 11) is 0. The number of aromatic nitrogens is 1. The molecule has 1 heterocycles. The molecule has 0 bridgehead atoms. The van der Waals surface area contributed by atoms with E-state index in [-0.39, 0.29) is 5.91 Å². The van der Waals surface area contributed by atoms with Gasteiger partial charge < -0.3 is 5.32 Å². The van der Waals surface area contributed by atoms with Crippen molar-refractivity contribution in [2.45, 2.75) is 19.9 Å². The highest BCUT2D eigenvalue weighted by atomic mass is 35.5. The summed E-state index contributed by atoms with van der Waals surface area (Å²) in [6.07, 6.45) is 4.63. The van der Waals surface area contributed by atoms with Crippen LogP contribution >= 0.6 is 11.6 Å². The van der Waals surface area contributed by atoms with Crippen LogP contribution in [0.1, 0.15) is 11.1 Å². The summed E-state index contributed by atoms with van der Waals surface area (Å²) < 4.78 is 1.87. The highest BCUT2D eigenvalue weighted by Gasteiger charge is 2.07. The Morgan fingerprint density at radius 2 is 1.80 bits per heavy atom. The molecular formula is C16H18ClN2O+. The van der Waals surface area contributed by atoms with Crippen molar-refractivity contribution in [3.05, 3.63) is 64.9 Å². The molecule has 1 aromatic heterocycles. The van der Waals surface area contributed by atoms with Crippen LogP contribution in [0.2, 0.25) is 5.02 Å². The molecule has 0 aliphatic heterocycles. The van der Waals surface area contributed by atoms with Gasteiger partial charge in [-0.3, -0.25) is 4.79 Å². The van der Waals surface area contributed by atoms with Crippen molar-refractivity contribution in [1.82, 2.24) is 5.32 Å². The molecular weight excluding hydrogens is 272 g/mol. The molecule has 0 aliphatic carbocycles. The first-order valence-corrected chi connectivity index (χ1v) is 6.98. The molecule has 0 unspecified atom stereocenters. The predicted molar refractivity (Wildman–Crippen MR) is 79.5 cm³/mol. The molecule has 1 aromatic carbocycles. The molecule has 0 spiro atoms. The second-order valence-corrected chi connectivity index (χ2v) is 5.21. The second kappa shape index (κ2) is 7.06. The topological polar surface area (TPSA) is 33.0 Å². The standard InChI is InChI=1S/C16H17ClN2O/c1-13-7-10-19(11-8-13)12-16(20)18-9-6-14-2-4-15(17)5-3-14/h2-5,7-8,10-11H,6,9,12H2,1H3/p+1. The van der Waals surface area contributed by atoms with Crippen LogP contribution in [0.3, 0.4) is 0 Å². The molecule has 0 aliphatic rings. The third-order valence-corrected chi connectivity index (χ3v) is 3.29. The van der Waals surface area contributed by atoms with Gasteiger partial charge in [-0.25, -0.2) is 0 Å². The van der Waals surface area contributed by atoms with Crippen LogP contribution < -0.4 is 9.88 Å². The summed E-state index contributed by atoms with van der Waals surface area (Å²) in [5, 5.41) is 3.65. The predicted octanol–water partition coefficient (Wildman–Crippen LogP) is 2.29. The summed E-state index contributed by atoms with van der Waals surface area (Å²) >= 11 is 5.83. The number of amides is 1. The molecule has 1 amide bonds. The second-order valence-electron chi connectivity index (χ2n) is 4.77. The molecule has 0 radical (unpaired) electrons. The van der Waals surface area contributed by atoms with Gasteiger partial charge in [0.1, 0.15) is 0 Å². The van der Waals surface area contributed by atoms with Gasteiger partial charge in [0.15, 0.2) is 12.4 Å². The molecule has 1 N–H and O–H groups in total. The van der Waals surface area contributed by atoms with Gasteiger partial charge in [0.25, 0.3) is 5.91 Å². The maximum Gasteiger partial charge on any atom is 0.285 e. The van der Waals surface area contributed by atoms with E-state index in [9.17, 15) is 4.79 Å². The lowest BCUT2D eigenvalue weighted by Gasteiger charge is -2.04. The fourth-order valence-corrected chi connectivity index (χ4v) is 1.98. The summed E-state index contributed by atoms with van der Waals surface area (Å²) in [5.74, 6) is 0.0211. The van der Waals surface area contributed by atoms with Crippen molar-refractivity contribution >= 4 is 17.5 Å². The Labute approximate surface area is 124 Å². The maximum atomic E-state index is 11.8. The van der Waals surface area contributed by atoms with E-state index in [1.807, 2.05) is 60.3 Å². The minimum absolute atomic E-state index is 0.0211. The van der Waals surface area contributed by atoms with Crippen LogP contribution in [-0.2, 0) is 17.8 Å². The van der Waals surface area contributed by atoms with Crippen molar-refractivity contribution in [3.63, 3.8) is 0 Å². The highest BCUT2D eigenvalue weighted by Crippen LogP contribution is 2.09. The maximum absolute atomic E-state index is 11.8. The molecule has 2 rings (SSSR count). The minimum atomic E-state index is 0.0211. The molecule has 0 saturated carbocycles. The number of hydrogen-bond acceptors (Lipinski definition) is 1. The SMILES string of the molecule is Cc1cc[n+](CC(=O)NCCc2ccc(Cl)cc2)cc1. The van der Waals surface area contributed by atoms with Crippen LogP contribution in [0.4, 0.5) is 0 Å². The number of carbonyl (C=O) groups excluding carboxylic acids is 1. The normalized spacial score (nSPS) is 10.3. The molecule has 20 heavy (non-hydrogen) atoms. The van der Waals surface area contributed by atoms with E-state index in [0.29, 0.717) is 13.1 Å². The van der Waals surface area contributed by atoms with Gasteiger partial charge in [-0.05, 0) is 36.6 Å².